The number of imide groups is 1. The van der Waals surface area contributed by atoms with Gasteiger partial charge in [-0.3, -0.25) is 19.5 Å². The van der Waals surface area contributed by atoms with Gasteiger partial charge in [-0.2, -0.15) is 0 Å². The summed E-state index contributed by atoms with van der Waals surface area (Å²) in [4.78, 5) is 48.7. The number of hydrogen-bond acceptors (Lipinski definition) is 7. The van der Waals surface area contributed by atoms with Crippen molar-refractivity contribution in [3.8, 4) is 0 Å². The molecule has 3 aliphatic heterocycles. The summed E-state index contributed by atoms with van der Waals surface area (Å²) in [7, 11) is 1.34. The SMILES string of the molecule is CC[C@]1(C(=O)OC)[C@H]2C(=O)N(Cc3ccccc3)C(=O)[C@H]2[C@H]2CN=C(SCc3ccccc3)N21. The van der Waals surface area contributed by atoms with Gasteiger partial charge in [-0.05, 0) is 17.5 Å². The number of aliphatic imine (C=N–C) groups is 1. The van der Waals surface area contributed by atoms with Crippen molar-refractivity contribution in [1.29, 1.82) is 0 Å². The van der Waals surface area contributed by atoms with Gasteiger partial charge in [0.05, 0.1) is 38.1 Å². The molecule has 2 aromatic rings. The van der Waals surface area contributed by atoms with Crippen LogP contribution < -0.4 is 0 Å². The predicted molar refractivity (Wildman–Crippen MR) is 130 cm³/mol. The molecule has 5 rings (SSSR count). The maximum atomic E-state index is 13.7. The van der Waals surface area contributed by atoms with Crippen LogP contribution in [0.25, 0.3) is 0 Å². The van der Waals surface area contributed by atoms with Gasteiger partial charge in [0.1, 0.15) is 0 Å². The number of carbonyl (C=O) groups excluding carboxylic acids is 3. The van der Waals surface area contributed by atoms with Crippen molar-refractivity contribution in [2.45, 2.75) is 37.2 Å². The van der Waals surface area contributed by atoms with Crippen LogP contribution in [-0.2, 0) is 31.4 Å². The maximum Gasteiger partial charge on any atom is 0.332 e. The number of fused-ring (bicyclic) bond motifs is 3. The lowest BCUT2D eigenvalue weighted by molar-refractivity contribution is -0.158. The molecule has 2 fully saturated rings. The molecular weight excluding hydrogens is 450 g/mol. The first kappa shape index (κ1) is 22.7. The van der Waals surface area contributed by atoms with Gasteiger partial charge in [-0.1, -0.05) is 79.3 Å². The molecule has 8 heteroatoms. The summed E-state index contributed by atoms with van der Waals surface area (Å²) in [5, 5.41) is 0.700. The Morgan fingerprint density at radius 3 is 2.32 bits per heavy atom. The van der Waals surface area contributed by atoms with Crippen molar-refractivity contribution in [2.75, 3.05) is 13.7 Å². The summed E-state index contributed by atoms with van der Waals surface area (Å²) in [6.45, 7) is 2.47. The minimum Gasteiger partial charge on any atom is -0.467 e. The molecule has 0 spiro atoms. The van der Waals surface area contributed by atoms with Gasteiger partial charge in [-0.25, -0.2) is 4.79 Å². The lowest BCUT2D eigenvalue weighted by atomic mass is 9.78. The number of benzene rings is 2. The third-order valence-electron chi connectivity index (χ3n) is 7.22. The Hall–Kier alpha value is -3.13. The second kappa shape index (κ2) is 8.91. The quantitative estimate of drug-likeness (QED) is 0.470. The smallest absolute Gasteiger partial charge is 0.332 e. The van der Waals surface area contributed by atoms with Crippen molar-refractivity contribution in [1.82, 2.24) is 9.80 Å². The summed E-state index contributed by atoms with van der Waals surface area (Å²) in [6, 6.07) is 19.1. The molecule has 0 N–H and O–H groups in total. The summed E-state index contributed by atoms with van der Waals surface area (Å²) in [6.07, 6.45) is 0.348. The number of rotatable bonds is 6. The highest BCUT2D eigenvalue weighted by Gasteiger charge is 2.73. The molecule has 0 bridgehead atoms. The van der Waals surface area contributed by atoms with Gasteiger partial charge in [0.25, 0.3) is 0 Å². The Labute approximate surface area is 203 Å². The van der Waals surface area contributed by atoms with E-state index in [-0.39, 0.29) is 24.4 Å². The second-order valence-corrected chi connectivity index (χ2v) is 9.80. The number of methoxy groups -OCH3 is 1. The predicted octanol–water partition coefficient (Wildman–Crippen LogP) is 3.10. The van der Waals surface area contributed by atoms with Crippen LogP contribution in [0.1, 0.15) is 24.5 Å². The molecule has 2 saturated heterocycles. The highest BCUT2D eigenvalue weighted by molar-refractivity contribution is 8.13. The first-order valence-electron chi connectivity index (χ1n) is 11.5. The van der Waals surface area contributed by atoms with Gasteiger partial charge in [0, 0.05) is 5.75 Å². The number of hydrogen-bond donors (Lipinski definition) is 0. The normalized spacial score (nSPS) is 27.6. The Balaban J connectivity index is 1.48. The number of ether oxygens (including phenoxy) is 1. The van der Waals surface area contributed by atoms with Gasteiger partial charge in [-0.15, -0.1) is 0 Å². The van der Waals surface area contributed by atoms with Gasteiger partial charge in [0.15, 0.2) is 10.7 Å². The minimum absolute atomic E-state index is 0.204. The minimum atomic E-state index is -1.25. The Bertz CT molecular complexity index is 1140. The van der Waals surface area contributed by atoms with Crippen molar-refractivity contribution >= 4 is 34.7 Å². The Morgan fingerprint density at radius 1 is 1.06 bits per heavy atom. The Morgan fingerprint density at radius 2 is 1.71 bits per heavy atom. The van der Waals surface area contributed by atoms with Gasteiger partial charge in [0.2, 0.25) is 11.8 Å². The van der Waals surface area contributed by atoms with Gasteiger partial charge < -0.3 is 9.64 Å². The molecule has 0 radical (unpaired) electrons. The molecular formula is C26H27N3O4S. The molecule has 7 nitrogen and oxygen atoms in total. The zero-order valence-corrected chi connectivity index (χ0v) is 20.0. The summed E-state index contributed by atoms with van der Waals surface area (Å²) >= 11 is 1.54. The third kappa shape index (κ3) is 3.35. The highest BCUT2D eigenvalue weighted by atomic mass is 32.2. The molecule has 176 valence electrons. The average Bonchev–Trinajstić information content (AvgIpc) is 3.49. The summed E-state index contributed by atoms with van der Waals surface area (Å²) < 4.78 is 5.27. The Kier molecular flexibility index (Phi) is 5.93. The fourth-order valence-electron chi connectivity index (χ4n) is 5.70. The molecule has 4 atom stereocenters. The van der Waals surface area contributed by atoms with Crippen LogP contribution in [0.5, 0.6) is 0 Å². The molecule has 3 aliphatic rings. The first-order chi connectivity index (χ1) is 16.5. The van der Waals surface area contributed by atoms with E-state index in [2.05, 4.69) is 0 Å². The number of carbonyl (C=O) groups is 3. The number of amides is 2. The van der Waals surface area contributed by atoms with Crippen LogP contribution in [0, 0.1) is 11.8 Å². The second-order valence-electron chi connectivity index (χ2n) is 8.86. The summed E-state index contributed by atoms with van der Waals surface area (Å²) in [5.74, 6) is -1.72. The summed E-state index contributed by atoms with van der Waals surface area (Å²) in [5.41, 5.74) is 0.767. The number of likely N-dealkylation sites (tertiary alicyclic amines) is 1. The van der Waals surface area contributed by atoms with Crippen LogP contribution >= 0.6 is 11.8 Å². The fraction of sp³-hybridized carbons (Fsp3) is 0.385. The maximum absolute atomic E-state index is 13.7. The number of esters is 1. The van der Waals surface area contributed by atoms with Crippen molar-refractivity contribution in [3.63, 3.8) is 0 Å². The van der Waals surface area contributed by atoms with E-state index in [9.17, 15) is 14.4 Å². The van der Waals surface area contributed by atoms with E-state index in [4.69, 9.17) is 9.73 Å². The van der Waals surface area contributed by atoms with E-state index in [1.807, 2.05) is 72.5 Å². The monoisotopic (exact) mass is 477 g/mol. The molecule has 2 amide bonds. The molecule has 34 heavy (non-hydrogen) atoms. The van der Waals surface area contributed by atoms with Crippen molar-refractivity contribution in [3.05, 3.63) is 71.8 Å². The van der Waals surface area contributed by atoms with Crippen LogP contribution in [-0.4, -0.2) is 58.0 Å². The topological polar surface area (TPSA) is 79.3 Å². The molecule has 3 heterocycles. The van der Waals surface area contributed by atoms with Crippen LogP contribution in [0.3, 0.4) is 0 Å². The van der Waals surface area contributed by atoms with E-state index in [1.54, 1.807) is 0 Å². The molecule has 2 aromatic carbocycles. The largest absolute Gasteiger partial charge is 0.467 e. The molecule has 0 aromatic heterocycles. The lowest BCUT2D eigenvalue weighted by Gasteiger charge is -2.39. The van der Waals surface area contributed by atoms with E-state index >= 15 is 0 Å². The standard InChI is InChI=1S/C26H27N3O4S/c1-3-26(24(32)33-2)21-20(22(30)28(23(21)31)15-17-10-6-4-7-11-17)19-14-27-25(29(19)26)34-16-18-12-8-5-9-13-18/h4-13,19-21H,3,14-16H2,1-2H3/t19-,20+,21-,26-/m1/s1. The zero-order chi connectivity index (χ0) is 23.9. The van der Waals surface area contributed by atoms with Crippen molar-refractivity contribution < 1.29 is 19.1 Å². The molecule has 0 aliphatic carbocycles. The lowest BCUT2D eigenvalue weighted by Crippen LogP contribution is -2.59. The van der Waals surface area contributed by atoms with E-state index in [1.165, 1.54) is 23.8 Å². The highest BCUT2D eigenvalue weighted by Crippen LogP contribution is 2.54. The van der Waals surface area contributed by atoms with E-state index in [0.717, 1.165) is 11.1 Å². The van der Waals surface area contributed by atoms with Crippen LogP contribution in [0.15, 0.2) is 65.7 Å². The van der Waals surface area contributed by atoms with Crippen molar-refractivity contribution in [2.24, 2.45) is 16.8 Å². The van der Waals surface area contributed by atoms with E-state index < -0.39 is 23.3 Å². The van der Waals surface area contributed by atoms with E-state index in [0.29, 0.717) is 23.9 Å². The molecule has 0 saturated carbocycles. The fourth-order valence-corrected chi connectivity index (χ4v) is 6.79. The molecule has 0 unspecified atom stereocenters. The zero-order valence-electron chi connectivity index (χ0n) is 19.2. The van der Waals surface area contributed by atoms with Gasteiger partial charge >= 0.3 is 5.97 Å². The number of thioether (sulfide) groups is 1. The average molecular weight is 478 g/mol. The number of nitrogens with zero attached hydrogens (tertiary/aromatic N) is 3. The third-order valence-corrected chi connectivity index (χ3v) is 8.29. The van der Waals surface area contributed by atoms with Crippen LogP contribution in [0.4, 0.5) is 0 Å². The number of amidine groups is 1. The first-order valence-corrected chi connectivity index (χ1v) is 12.5. The van der Waals surface area contributed by atoms with Crippen LogP contribution in [0.2, 0.25) is 0 Å².